The Bertz CT molecular complexity index is 602. The molecule has 1 heterocycles. The summed E-state index contributed by atoms with van der Waals surface area (Å²) in [6.45, 7) is 4.43. The first-order chi connectivity index (χ1) is 9.61. The summed E-state index contributed by atoms with van der Waals surface area (Å²) in [4.78, 5) is 15.2. The Morgan fingerprint density at radius 3 is 2.70 bits per heavy atom. The Morgan fingerprint density at radius 1 is 1.30 bits per heavy atom. The minimum atomic E-state index is -0.0400. The van der Waals surface area contributed by atoms with Crippen molar-refractivity contribution in [2.24, 2.45) is 0 Å². The number of aromatic nitrogens is 1. The molecule has 0 unspecified atom stereocenters. The number of nitrogens with one attached hydrogen (secondary N) is 2. The van der Waals surface area contributed by atoms with Crippen molar-refractivity contribution in [3.8, 4) is 5.75 Å². The Hall–Kier alpha value is -2.23. The number of rotatable bonds is 5. The number of para-hydroxylation sites is 1. The number of methoxy groups -OCH3 is 1. The van der Waals surface area contributed by atoms with E-state index in [-0.39, 0.29) is 5.91 Å². The SMILES string of the molecule is COc1ccccc1CCNC(=O)c1cc(C)[nH]c1C. The first-order valence-electron chi connectivity index (χ1n) is 6.68. The highest BCUT2D eigenvalue weighted by Crippen LogP contribution is 2.17. The minimum absolute atomic E-state index is 0.0400. The molecule has 1 aromatic carbocycles. The van der Waals surface area contributed by atoms with Crippen LogP contribution in [0.2, 0.25) is 0 Å². The molecule has 106 valence electrons. The maximum absolute atomic E-state index is 12.1. The summed E-state index contributed by atoms with van der Waals surface area (Å²) >= 11 is 0. The number of aryl methyl sites for hydroxylation is 2. The van der Waals surface area contributed by atoms with Gasteiger partial charge >= 0.3 is 0 Å². The molecule has 0 aliphatic heterocycles. The van der Waals surface area contributed by atoms with E-state index in [0.717, 1.165) is 29.1 Å². The number of amides is 1. The lowest BCUT2D eigenvalue weighted by atomic mass is 10.1. The van der Waals surface area contributed by atoms with Gasteiger partial charge < -0.3 is 15.0 Å². The van der Waals surface area contributed by atoms with E-state index in [2.05, 4.69) is 10.3 Å². The maximum Gasteiger partial charge on any atom is 0.253 e. The van der Waals surface area contributed by atoms with Gasteiger partial charge in [-0.1, -0.05) is 18.2 Å². The average Bonchev–Trinajstić information content (AvgIpc) is 2.78. The second-order valence-corrected chi connectivity index (χ2v) is 4.81. The third kappa shape index (κ3) is 3.20. The largest absolute Gasteiger partial charge is 0.496 e. The van der Waals surface area contributed by atoms with Crippen LogP contribution in [0.25, 0.3) is 0 Å². The number of carbonyl (C=O) groups excluding carboxylic acids is 1. The zero-order valence-corrected chi connectivity index (χ0v) is 12.1. The Morgan fingerprint density at radius 2 is 2.05 bits per heavy atom. The van der Waals surface area contributed by atoms with E-state index in [1.165, 1.54) is 0 Å². The van der Waals surface area contributed by atoms with Gasteiger partial charge in [-0.3, -0.25) is 4.79 Å². The molecule has 0 aliphatic rings. The molecule has 1 aromatic heterocycles. The van der Waals surface area contributed by atoms with Gasteiger partial charge in [-0.05, 0) is 38.0 Å². The van der Waals surface area contributed by atoms with Gasteiger partial charge in [0.2, 0.25) is 0 Å². The van der Waals surface area contributed by atoms with E-state index in [9.17, 15) is 4.79 Å². The van der Waals surface area contributed by atoms with Crippen molar-refractivity contribution in [1.29, 1.82) is 0 Å². The van der Waals surface area contributed by atoms with Crippen molar-refractivity contribution < 1.29 is 9.53 Å². The smallest absolute Gasteiger partial charge is 0.253 e. The van der Waals surface area contributed by atoms with Crippen molar-refractivity contribution in [2.45, 2.75) is 20.3 Å². The molecule has 4 nitrogen and oxygen atoms in total. The van der Waals surface area contributed by atoms with Gasteiger partial charge in [0.25, 0.3) is 5.91 Å². The predicted octanol–water partition coefficient (Wildman–Crippen LogP) is 2.61. The molecule has 0 radical (unpaired) electrons. The normalized spacial score (nSPS) is 10.3. The number of aromatic amines is 1. The summed E-state index contributed by atoms with van der Waals surface area (Å²) in [5.74, 6) is 0.817. The summed E-state index contributed by atoms with van der Waals surface area (Å²) < 4.78 is 5.29. The number of hydrogen-bond donors (Lipinski definition) is 2. The van der Waals surface area contributed by atoms with Crippen molar-refractivity contribution in [1.82, 2.24) is 10.3 Å². The Labute approximate surface area is 119 Å². The van der Waals surface area contributed by atoms with Gasteiger partial charge in [-0.2, -0.15) is 0 Å². The predicted molar refractivity (Wildman–Crippen MR) is 79.3 cm³/mol. The van der Waals surface area contributed by atoms with Crippen LogP contribution >= 0.6 is 0 Å². The zero-order chi connectivity index (χ0) is 14.5. The van der Waals surface area contributed by atoms with Crippen molar-refractivity contribution in [3.05, 3.63) is 52.8 Å². The van der Waals surface area contributed by atoms with E-state index < -0.39 is 0 Å². The van der Waals surface area contributed by atoms with E-state index in [1.807, 2.05) is 44.2 Å². The first-order valence-corrected chi connectivity index (χ1v) is 6.68. The Balaban J connectivity index is 1.93. The standard InChI is InChI=1S/C16H20N2O2/c1-11-10-14(12(2)18-11)16(19)17-9-8-13-6-4-5-7-15(13)20-3/h4-7,10,18H,8-9H2,1-3H3,(H,17,19). The minimum Gasteiger partial charge on any atom is -0.496 e. The summed E-state index contributed by atoms with van der Waals surface area (Å²) in [7, 11) is 1.66. The summed E-state index contributed by atoms with van der Waals surface area (Å²) in [6.07, 6.45) is 0.748. The molecular formula is C16H20N2O2. The second kappa shape index (κ2) is 6.28. The highest BCUT2D eigenvalue weighted by molar-refractivity contribution is 5.95. The highest BCUT2D eigenvalue weighted by Gasteiger charge is 2.11. The maximum atomic E-state index is 12.1. The number of benzene rings is 1. The summed E-state index contributed by atoms with van der Waals surface area (Å²) in [5, 5.41) is 2.94. The molecular weight excluding hydrogens is 252 g/mol. The number of H-pyrrole nitrogens is 1. The number of hydrogen-bond acceptors (Lipinski definition) is 2. The van der Waals surface area contributed by atoms with Crippen LogP contribution in [0.5, 0.6) is 5.75 Å². The molecule has 0 saturated heterocycles. The van der Waals surface area contributed by atoms with Crippen LogP contribution in [-0.2, 0) is 6.42 Å². The van der Waals surface area contributed by atoms with Crippen molar-refractivity contribution in [3.63, 3.8) is 0 Å². The molecule has 20 heavy (non-hydrogen) atoms. The molecule has 2 rings (SSSR count). The quantitative estimate of drug-likeness (QED) is 0.879. The van der Waals surface area contributed by atoms with Crippen LogP contribution in [0, 0.1) is 13.8 Å². The van der Waals surface area contributed by atoms with E-state index in [1.54, 1.807) is 7.11 Å². The molecule has 0 spiro atoms. The van der Waals surface area contributed by atoms with Gasteiger partial charge in [-0.15, -0.1) is 0 Å². The monoisotopic (exact) mass is 272 g/mol. The molecule has 2 N–H and O–H groups in total. The third-order valence-electron chi connectivity index (χ3n) is 3.27. The summed E-state index contributed by atoms with van der Waals surface area (Å²) in [5.41, 5.74) is 3.70. The van der Waals surface area contributed by atoms with Crippen LogP contribution in [0.4, 0.5) is 0 Å². The topological polar surface area (TPSA) is 54.1 Å². The van der Waals surface area contributed by atoms with Crippen LogP contribution in [0.15, 0.2) is 30.3 Å². The van der Waals surface area contributed by atoms with Gasteiger partial charge in [-0.25, -0.2) is 0 Å². The van der Waals surface area contributed by atoms with E-state index in [4.69, 9.17) is 4.74 Å². The molecule has 2 aromatic rings. The fraction of sp³-hybridized carbons (Fsp3) is 0.312. The fourth-order valence-corrected chi connectivity index (χ4v) is 2.28. The van der Waals surface area contributed by atoms with E-state index >= 15 is 0 Å². The van der Waals surface area contributed by atoms with Crippen molar-refractivity contribution in [2.75, 3.05) is 13.7 Å². The zero-order valence-electron chi connectivity index (χ0n) is 12.1. The fourth-order valence-electron chi connectivity index (χ4n) is 2.28. The highest BCUT2D eigenvalue weighted by atomic mass is 16.5. The second-order valence-electron chi connectivity index (χ2n) is 4.81. The van der Waals surface area contributed by atoms with Gasteiger partial charge in [0.15, 0.2) is 0 Å². The molecule has 0 atom stereocenters. The van der Waals surface area contributed by atoms with Crippen LogP contribution < -0.4 is 10.1 Å². The molecule has 0 fully saturated rings. The molecule has 0 bridgehead atoms. The molecule has 4 heteroatoms. The number of carbonyl (C=O) groups is 1. The molecule has 0 saturated carbocycles. The van der Waals surface area contributed by atoms with Crippen molar-refractivity contribution >= 4 is 5.91 Å². The summed E-state index contributed by atoms with van der Waals surface area (Å²) in [6, 6.07) is 9.72. The van der Waals surface area contributed by atoms with Crippen LogP contribution in [-0.4, -0.2) is 24.5 Å². The van der Waals surface area contributed by atoms with E-state index in [0.29, 0.717) is 12.1 Å². The lowest BCUT2D eigenvalue weighted by Gasteiger charge is -2.09. The van der Waals surface area contributed by atoms with Crippen LogP contribution in [0.3, 0.4) is 0 Å². The number of ether oxygens (including phenoxy) is 1. The first kappa shape index (κ1) is 14.2. The lowest BCUT2D eigenvalue weighted by molar-refractivity contribution is 0.0953. The Kier molecular flexibility index (Phi) is 4.45. The molecule has 0 aliphatic carbocycles. The average molecular weight is 272 g/mol. The van der Waals surface area contributed by atoms with Gasteiger partial charge in [0.1, 0.15) is 5.75 Å². The van der Waals surface area contributed by atoms with Gasteiger partial charge in [0.05, 0.1) is 12.7 Å². The van der Waals surface area contributed by atoms with Crippen LogP contribution in [0.1, 0.15) is 27.3 Å². The molecule has 1 amide bonds. The van der Waals surface area contributed by atoms with Gasteiger partial charge in [0, 0.05) is 17.9 Å². The lowest BCUT2D eigenvalue weighted by Crippen LogP contribution is -2.26. The third-order valence-corrected chi connectivity index (χ3v) is 3.27.